The fourth-order valence-electron chi connectivity index (χ4n) is 7.46. The lowest BCUT2D eigenvalue weighted by Crippen LogP contribution is -2.49. The van der Waals surface area contributed by atoms with Gasteiger partial charge in [0.05, 0.1) is 33.3 Å². The van der Waals surface area contributed by atoms with Gasteiger partial charge in [-0.3, -0.25) is 0 Å². The molecule has 312 valence electrons. The van der Waals surface area contributed by atoms with Crippen LogP contribution in [0.1, 0.15) is 83.2 Å². The van der Waals surface area contributed by atoms with E-state index in [1.165, 1.54) is 12.1 Å². The first kappa shape index (κ1) is 45.4. The Labute approximate surface area is 347 Å². The van der Waals surface area contributed by atoms with Crippen molar-refractivity contribution >= 4 is 16.0 Å². The first-order chi connectivity index (χ1) is 27.5. The van der Waals surface area contributed by atoms with Crippen molar-refractivity contribution in [2.45, 2.75) is 114 Å². The highest BCUT2D eigenvalue weighted by Crippen LogP contribution is 2.70. The van der Waals surface area contributed by atoms with Gasteiger partial charge in [-0.05, 0) is 104 Å². The topological polar surface area (TPSA) is 88.4 Å². The van der Waals surface area contributed by atoms with Crippen LogP contribution in [0.5, 0.6) is 11.5 Å². The molecule has 0 N–H and O–H groups in total. The van der Waals surface area contributed by atoms with Crippen LogP contribution in [0.15, 0.2) is 103 Å². The SMILES string of the molecule is COc1ccc(C(OC[C@H]2O[C@@H](c3cccc(F)c3)[C@H](O[Si](C)(C)C(C)(C)C)[C@@H]2O[P+](OCCC#N)(C(C)C)C(C)C)(c2ccccc2)c2ccc(OC)cc2)cc1. The molecular formula is C47H62FNO7PSi+. The number of nitrogens with zero attached hydrogens (tertiary/aromatic N) is 1. The molecule has 0 amide bonds. The zero-order valence-corrected chi connectivity index (χ0v) is 37.9. The quantitative estimate of drug-likeness (QED) is 0.0424. The summed E-state index contributed by atoms with van der Waals surface area (Å²) >= 11 is 0. The maximum Gasteiger partial charge on any atom is 0.280 e. The number of benzene rings is 4. The molecule has 0 aromatic heterocycles. The van der Waals surface area contributed by atoms with Crippen molar-refractivity contribution in [3.8, 4) is 17.6 Å². The first-order valence-corrected chi connectivity index (χ1v) is 24.9. The van der Waals surface area contributed by atoms with Gasteiger partial charge < -0.3 is 23.4 Å². The predicted molar refractivity (Wildman–Crippen MR) is 233 cm³/mol. The second-order valence-corrected chi connectivity index (χ2v) is 25.5. The van der Waals surface area contributed by atoms with Gasteiger partial charge in [-0.1, -0.05) is 87.5 Å². The second kappa shape index (κ2) is 19.2. The summed E-state index contributed by atoms with van der Waals surface area (Å²) in [6.45, 7) is 19.8. The third kappa shape index (κ3) is 9.69. The van der Waals surface area contributed by atoms with Gasteiger partial charge >= 0.3 is 0 Å². The highest BCUT2D eigenvalue weighted by atomic mass is 31.2. The summed E-state index contributed by atoms with van der Waals surface area (Å²) in [7, 11) is -1.96. The van der Waals surface area contributed by atoms with Gasteiger partial charge in [0, 0.05) is 0 Å². The van der Waals surface area contributed by atoms with Gasteiger partial charge in [-0.25, -0.2) is 8.91 Å². The molecule has 0 aliphatic carbocycles. The van der Waals surface area contributed by atoms with Crippen LogP contribution >= 0.6 is 7.72 Å². The fourth-order valence-corrected chi connectivity index (χ4v) is 12.1. The van der Waals surface area contributed by atoms with Crippen LogP contribution in [-0.4, -0.2) is 65.4 Å². The van der Waals surface area contributed by atoms with Crippen molar-refractivity contribution in [2.24, 2.45) is 0 Å². The summed E-state index contributed by atoms with van der Waals surface area (Å²) in [5, 5.41) is 9.37. The van der Waals surface area contributed by atoms with E-state index in [4.69, 9.17) is 32.4 Å². The van der Waals surface area contributed by atoms with E-state index in [-0.39, 0.29) is 41.8 Å². The summed E-state index contributed by atoms with van der Waals surface area (Å²) in [5.41, 5.74) is 2.15. The summed E-state index contributed by atoms with van der Waals surface area (Å²) in [4.78, 5) is 0. The molecule has 0 unspecified atom stereocenters. The van der Waals surface area contributed by atoms with E-state index in [0.29, 0.717) is 5.56 Å². The van der Waals surface area contributed by atoms with E-state index in [0.717, 1.165) is 28.2 Å². The molecule has 1 aliphatic rings. The minimum Gasteiger partial charge on any atom is -0.497 e. The van der Waals surface area contributed by atoms with Crippen LogP contribution in [-0.2, 0) is 28.5 Å². The molecule has 1 fully saturated rings. The lowest BCUT2D eigenvalue weighted by atomic mass is 9.80. The smallest absolute Gasteiger partial charge is 0.280 e. The lowest BCUT2D eigenvalue weighted by molar-refractivity contribution is -0.0805. The van der Waals surface area contributed by atoms with Gasteiger partial charge in [0.25, 0.3) is 7.72 Å². The van der Waals surface area contributed by atoms with E-state index < -0.39 is 46.1 Å². The van der Waals surface area contributed by atoms with Gasteiger partial charge in [0.15, 0.2) is 14.4 Å². The molecule has 5 rings (SSSR count). The average Bonchev–Trinajstić information content (AvgIpc) is 3.53. The van der Waals surface area contributed by atoms with Crippen molar-refractivity contribution < 1.29 is 36.8 Å². The molecule has 4 aromatic carbocycles. The van der Waals surface area contributed by atoms with Crippen molar-refractivity contribution in [3.63, 3.8) is 0 Å². The Morgan fingerprint density at radius 3 is 1.81 bits per heavy atom. The molecule has 0 spiro atoms. The summed E-state index contributed by atoms with van der Waals surface area (Å²) in [5.74, 6) is 1.07. The molecule has 0 saturated carbocycles. The molecule has 4 atom stereocenters. The zero-order chi connectivity index (χ0) is 42.3. The largest absolute Gasteiger partial charge is 0.497 e. The van der Waals surface area contributed by atoms with Crippen LogP contribution in [0.2, 0.25) is 18.1 Å². The average molecular weight is 831 g/mol. The molecular weight excluding hydrogens is 769 g/mol. The number of methoxy groups -OCH3 is 2. The molecule has 0 bridgehead atoms. The van der Waals surface area contributed by atoms with Crippen LogP contribution in [0, 0.1) is 17.1 Å². The molecule has 1 heterocycles. The van der Waals surface area contributed by atoms with Crippen molar-refractivity contribution in [2.75, 3.05) is 27.4 Å². The van der Waals surface area contributed by atoms with Crippen LogP contribution in [0.25, 0.3) is 0 Å². The number of rotatable bonds is 18. The third-order valence-electron chi connectivity index (χ3n) is 11.6. The van der Waals surface area contributed by atoms with E-state index in [1.54, 1.807) is 20.3 Å². The van der Waals surface area contributed by atoms with Crippen molar-refractivity contribution in [1.82, 2.24) is 0 Å². The summed E-state index contributed by atoms with van der Waals surface area (Å²) in [6, 6.07) is 34.7. The standard InChI is InChI=1S/C47H62FNO7PSi/c1-33(2)57(34(3)4,53-30-16-29-49)55-44-42(54-43(35-17-15-20-39(48)31-35)45(44)56-58(10,11)46(5,6)7)32-52-47(36-18-13-12-14-19-36,37-21-25-40(50-8)26-22-37)38-23-27-41(51-9)28-24-38/h12-15,17-28,31,33-34,42-45H,16,30,32H2,1-11H3/q+1/t42-,43+,44-,45+/m1/s1. The molecule has 0 radical (unpaired) electrons. The van der Waals surface area contributed by atoms with Gasteiger partial charge in [0.1, 0.15) is 59.2 Å². The molecule has 8 nitrogen and oxygen atoms in total. The van der Waals surface area contributed by atoms with E-state index in [9.17, 15) is 5.26 Å². The van der Waals surface area contributed by atoms with Crippen LogP contribution in [0.4, 0.5) is 4.39 Å². The van der Waals surface area contributed by atoms with E-state index in [1.807, 2.05) is 72.8 Å². The number of ether oxygens (including phenoxy) is 4. The van der Waals surface area contributed by atoms with E-state index in [2.05, 4.69) is 79.8 Å². The minimum atomic E-state index is -2.74. The second-order valence-electron chi connectivity index (χ2n) is 17.0. The highest BCUT2D eigenvalue weighted by Gasteiger charge is 2.60. The van der Waals surface area contributed by atoms with Gasteiger partial charge in [-0.15, -0.1) is 0 Å². The number of hydrogen-bond acceptors (Lipinski definition) is 8. The summed E-state index contributed by atoms with van der Waals surface area (Å²) < 4.78 is 62.5. The molecule has 58 heavy (non-hydrogen) atoms. The summed E-state index contributed by atoms with van der Waals surface area (Å²) in [6.07, 6.45) is -2.48. The third-order valence-corrected chi connectivity index (χ3v) is 20.1. The van der Waals surface area contributed by atoms with Crippen LogP contribution < -0.4 is 9.47 Å². The van der Waals surface area contributed by atoms with E-state index >= 15 is 4.39 Å². The Bertz CT molecular complexity index is 1890. The Morgan fingerprint density at radius 1 is 0.776 bits per heavy atom. The Balaban J connectivity index is 1.72. The Hall–Kier alpha value is -3.65. The van der Waals surface area contributed by atoms with Gasteiger partial charge in [0.2, 0.25) is 0 Å². The van der Waals surface area contributed by atoms with Gasteiger partial charge in [-0.2, -0.15) is 9.79 Å². The fraction of sp³-hybridized carbons (Fsp3) is 0.468. The zero-order valence-electron chi connectivity index (χ0n) is 36.0. The number of halogens is 1. The predicted octanol–water partition coefficient (Wildman–Crippen LogP) is 11.7. The molecule has 4 aromatic rings. The monoisotopic (exact) mass is 830 g/mol. The number of nitriles is 1. The Kier molecular flexibility index (Phi) is 15.0. The maximum atomic E-state index is 15.1. The lowest BCUT2D eigenvalue weighted by Gasteiger charge is -2.42. The molecule has 1 aliphatic heterocycles. The molecule has 11 heteroatoms. The molecule has 1 saturated heterocycles. The maximum absolute atomic E-state index is 15.1. The van der Waals surface area contributed by atoms with Crippen molar-refractivity contribution in [3.05, 3.63) is 131 Å². The normalized spacial score (nSPS) is 19.1. The van der Waals surface area contributed by atoms with Crippen LogP contribution in [0.3, 0.4) is 0 Å². The Morgan fingerprint density at radius 2 is 1.33 bits per heavy atom. The highest BCUT2D eigenvalue weighted by molar-refractivity contribution is 7.67. The van der Waals surface area contributed by atoms with Crippen molar-refractivity contribution in [1.29, 1.82) is 5.26 Å². The minimum absolute atomic E-state index is 0.0171. The first-order valence-electron chi connectivity index (χ1n) is 20.2. The number of hydrogen-bond donors (Lipinski definition) is 0.